The van der Waals surface area contributed by atoms with E-state index < -0.39 is 6.04 Å². The largest absolute Gasteiger partial charge is 0.354 e. The number of rotatable bonds is 8. The Morgan fingerprint density at radius 3 is 2.83 bits per heavy atom. The molecule has 182 valence electrons. The van der Waals surface area contributed by atoms with Crippen LogP contribution in [0.4, 0.5) is 16.8 Å². The van der Waals surface area contributed by atoms with E-state index in [0.717, 1.165) is 34.4 Å². The van der Waals surface area contributed by atoms with E-state index >= 15 is 0 Å². The molecule has 3 aromatic heterocycles. The van der Waals surface area contributed by atoms with E-state index in [-0.39, 0.29) is 17.9 Å². The zero-order valence-electron chi connectivity index (χ0n) is 19.9. The molecule has 11 heteroatoms. The highest BCUT2D eigenvalue weighted by Gasteiger charge is 2.28. The average molecular weight is 493 g/mol. The molecule has 0 aliphatic carbocycles. The van der Waals surface area contributed by atoms with Crippen LogP contribution in [0.25, 0.3) is 10.4 Å². The van der Waals surface area contributed by atoms with Gasteiger partial charge in [-0.2, -0.15) is 0 Å². The van der Waals surface area contributed by atoms with Gasteiger partial charge in [0.1, 0.15) is 23.5 Å². The molecule has 10 nitrogen and oxygen atoms in total. The molecule has 4 rings (SSSR count). The summed E-state index contributed by atoms with van der Waals surface area (Å²) in [6.45, 7) is 8.40. The van der Waals surface area contributed by atoms with Gasteiger partial charge < -0.3 is 20.4 Å². The van der Waals surface area contributed by atoms with Crippen molar-refractivity contribution >= 4 is 39.9 Å². The van der Waals surface area contributed by atoms with Gasteiger partial charge >= 0.3 is 0 Å². The van der Waals surface area contributed by atoms with Crippen molar-refractivity contribution in [1.82, 2.24) is 30.2 Å². The summed E-state index contributed by atoms with van der Waals surface area (Å²) >= 11 is 1.53. The molecule has 2 atom stereocenters. The van der Waals surface area contributed by atoms with Crippen molar-refractivity contribution in [2.75, 3.05) is 30.4 Å². The lowest BCUT2D eigenvalue weighted by Crippen LogP contribution is -2.49. The maximum absolute atomic E-state index is 12.6. The van der Waals surface area contributed by atoms with Gasteiger partial charge in [0.2, 0.25) is 11.8 Å². The molecule has 0 saturated carbocycles. The van der Waals surface area contributed by atoms with Gasteiger partial charge in [0.05, 0.1) is 4.88 Å². The van der Waals surface area contributed by atoms with E-state index in [9.17, 15) is 9.59 Å². The Kier molecular flexibility index (Phi) is 7.35. The van der Waals surface area contributed by atoms with Gasteiger partial charge in [-0.05, 0) is 44.0 Å². The van der Waals surface area contributed by atoms with Crippen LogP contribution in [0.15, 0.2) is 49.4 Å². The summed E-state index contributed by atoms with van der Waals surface area (Å²) in [4.78, 5) is 46.6. The van der Waals surface area contributed by atoms with Crippen LogP contribution < -0.4 is 15.5 Å². The lowest BCUT2D eigenvalue weighted by Gasteiger charge is -2.25. The molecule has 0 radical (unpaired) electrons. The number of nitrogens with one attached hydrogen (secondary N) is 2. The lowest BCUT2D eigenvalue weighted by molar-refractivity contribution is -0.135. The number of aryl methyl sites for hydroxylation is 1. The highest BCUT2D eigenvalue weighted by molar-refractivity contribution is 7.18. The zero-order valence-corrected chi connectivity index (χ0v) is 20.7. The fraction of sp³-hybridized carbons (Fsp3) is 0.333. The topological polar surface area (TPSA) is 116 Å². The maximum Gasteiger partial charge on any atom is 0.246 e. The lowest BCUT2D eigenvalue weighted by atomic mass is 10.2. The minimum Gasteiger partial charge on any atom is -0.354 e. The van der Waals surface area contributed by atoms with Crippen molar-refractivity contribution < 1.29 is 9.59 Å². The Morgan fingerprint density at radius 2 is 2.09 bits per heavy atom. The second-order valence-electron chi connectivity index (χ2n) is 8.32. The average Bonchev–Trinajstić information content (AvgIpc) is 3.52. The summed E-state index contributed by atoms with van der Waals surface area (Å²) in [6, 6.07) is 5.17. The molecule has 0 spiro atoms. The van der Waals surface area contributed by atoms with Gasteiger partial charge in [0, 0.05) is 50.8 Å². The predicted octanol–water partition coefficient (Wildman–Crippen LogP) is 2.77. The van der Waals surface area contributed by atoms with Gasteiger partial charge in [-0.1, -0.05) is 17.9 Å². The third kappa shape index (κ3) is 5.80. The minimum atomic E-state index is -0.581. The normalized spacial score (nSPS) is 16.0. The molecular formula is C24H28N8O2S. The van der Waals surface area contributed by atoms with Crippen LogP contribution in [-0.4, -0.2) is 68.9 Å². The standard InChI is InChI=1S/C24H28N8O2S/c1-5-22(33)31(4)15(2)23(34)29-18-8-11-32(14-18)21-12-20(27-16(3)28-21)30-24-26-13-19(35-24)17-6-9-25-10-7-17/h5-7,9-10,12-13,15,18H,1,8,11,14H2,2-4H3,(H,29,34)(H,26,27,28,30)/t15-,18-/m0/s1. The summed E-state index contributed by atoms with van der Waals surface area (Å²) in [7, 11) is 1.59. The molecule has 3 aromatic rings. The van der Waals surface area contributed by atoms with Crippen molar-refractivity contribution in [3.63, 3.8) is 0 Å². The van der Waals surface area contributed by atoms with Crippen molar-refractivity contribution in [1.29, 1.82) is 0 Å². The first-order valence-corrected chi connectivity index (χ1v) is 12.1. The number of anilines is 3. The molecule has 2 amide bonds. The predicted molar refractivity (Wildman–Crippen MR) is 137 cm³/mol. The van der Waals surface area contributed by atoms with Crippen LogP contribution in [0, 0.1) is 6.92 Å². The van der Waals surface area contributed by atoms with Gasteiger partial charge in [0.25, 0.3) is 0 Å². The highest BCUT2D eigenvalue weighted by Crippen LogP contribution is 2.30. The van der Waals surface area contributed by atoms with E-state index in [1.54, 1.807) is 26.4 Å². The molecule has 35 heavy (non-hydrogen) atoms. The number of carbonyl (C=O) groups is 2. The van der Waals surface area contributed by atoms with Gasteiger partial charge in [-0.25, -0.2) is 15.0 Å². The molecule has 0 unspecified atom stereocenters. The van der Waals surface area contributed by atoms with Crippen LogP contribution in [-0.2, 0) is 9.59 Å². The molecular weight excluding hydrogens is 464 g/mol. The fourth-order valence-electron chi connectivity index (χ4n) is 3.79. The molecule has 1 fully saturated rings. The highest BCUT2D eigenvalue weighted by atomic mass is 32.1. The quantitative estimate of drug-likeness (QED) is 0.461. The number of carbonyl (C=O) groups excluding carboxylic acids is 2. The van der Waals surface area contributed by atoms with E-state index in [4.69, 9.17) is 0 Å². The van der Waals surface area contributed by atoms with Crippen LogP contribution in [0.3, 0.4) is 0 Å². The van der Waals surface area contributed by atoms with E-state index in [1.807, 2.05) is 31.3 Å². The SMILES string of the molecule is C=CC(=O)N(C)[C@@H](C)C(=O)N[C@H]1CCN(c2cc(Nc3ncc(-c4ccncc4)s3)nc(C)n2)C1. The fourth-order valence-corrected chi connectivity index (χ4v) is 4.62. The van der Waals surface area contributed by atoms with E-state index in [0.29, 0.717) is 18.2 Å². The number of aromatic nitrogens is 4. The minimum absolute atomic E-state index is 0.0363. The van der Waals surface area contributed by atoms with Crippen LogP contribution in [0.1, 0.15) is 19.2 Å². The molecule has 4 heterocycles. The Bertz CT molecular complexity index is 1220. The van der Waals surface area contributed by atoms with Crippen LogP contribution >= 0.6 is 11.3 Å². The van der Waals surface area contributed by atoms with E-state index in [2.05, 4.69) is 42.0 Å². The Labute approximate surface area is 208 Å². The summed E-state index contributed by atoms with van der Waals surface area (Å²) in [5.74, 6) is 1.61. The second kappa shape index (κ2) is 10.6. The third-order valence-electron chi connectivity index (χ3n) is 5.87. The number of hydrogen-bond donors (Lipinski definition) is 2. The summed E-state index contributed by atoms with van der Waals surface area (Å²) < 4.78 is 0. The van der Waals surface area contributed by atoms with Crippen LogP contribution in [0.2, 0.25) is 0 Å². The molecule has 0 aromatic carbocycles. The van der Waals surface area contributed by atoms with Crippen molar-refractivity contribution in [2.24, 2.45) is 0 Å². The molecule has 0 bridgehead atoms. The van der Waals surface area contributed by atoms with Crippen molar-refractivity contribution in [2.45, 2.75) is 32.4 Å². The number of pyridine rings is 1. The van der Waals surface area contributed by atoms with Gasteiger partial charge in [-0.3, -0.25) is 14.6 Å². The van der Waals surface area contributed by atoms with E-state index in [1.165, 1.54) is 22.3 Å². The monoisotopic (exact) mass is 492 g/mol. The maximum atomic E-state index is 12.6. The van der Waals surface area contributed by atoms with Crippen LogP contribution in [0.5, 0.6) is 0 Å². The molecule has 1 aliphatic rings. The van der Waals surface area contributed by atoms with Crippen molar-refractivity contribution in [3.05, 3.63) is 55.3 Å². The first-order valence-electron chi connectivity index (χ1n) is 11.3. The zero-order chi connectivity index (χ0) is 24.9. The molecule has 1 saturated heterocycles. The Hall–Kier alpha value is -3.86. The number of likely N-dealkylation sites (N-methyl/N-ethyl adjacent to an activating group) is 1. The number of hydrogen-bond acceptors (Lipinski definition) is 9. The Balaban J connectivity index is 1.39. The van der Waals surface area contributed by atoms with Crippen molar-refractivity contribution in [3.8, 4) is 10.4 Å². The third-order valence-corrected chi connectivity index (χ3v) is 6.83. The second-order valence-corrected chi connectivity index (χ2v) is 9.35. The van der Waals surface area contributed by atoms with Gasteiger partial charge in [0.15, 0.2) is 5.13 Å². The summed E-state index contributed by atoms with van der Waals surface area (Å²) in [5.41, 5.74) is 1.06. The molecule has 2 N–H and O–H groups in total. The number of amides is 2. The first-order chi connectivity index (χ1) is 16.8. The summed E-state index contributed by atoms with van der Waals surface area (Å²) in [5, 5.41) is 7.07. The molecule has 1 aliphatic heterocycles. The number of nitrogens with zero attached hydrogens (tertiary/aromatic N) is 6. The smallest absolute Gasteiger partial charge is 0.246 e. The number of thiazole rings is 1. The summed E-state index contributed by atoms with van der Waals surface area (Å²) in [6.07, 6.45) is 7.33. The first kappa shape index (κ1) is 24.3. The Morgan fingerprint density at radius 1 is 1.31 bits per heavy atom. The van der Waals surface area contributed by atoms with Gasteiger partial charge in [-0.15, -0.1) is 0 Å².